The van der Waals surface area contributed by atoms with Crippen LogP contribution in [0, 0.1) is 9.49 Å². The lowest BCUT2D eigenvalue weighted by Crippen LogP contribution is -2.25. The first-order chi connectivity index (χ1) is 8.19. The van der Waals surface area contributed by atoms with Crippen molar-refractivity contribution in [2.75, 3.05) is 0 Å². The van der Waals surface area contributed by atoms with Crippen LogP contribution < -0.4 is 0 Å². The first-order valence-corrected chi connectivity index (χ1v) is 7.52. The standard InChI is InChI=1S/C13H14ClIN2/c1-8-4-10(5-8)17-12-3-2-9(15)6-11(12)16-13(17)7-14/h2-3,6,8,10H,4-5,7H2,1H3. The minimum Gasteiger partial charge on any atom is -0.324 e. The highest BCUT2D eigenvalue weighted by atomic mass is 127. The molecule has 3 rings (SSSR count). The van der Waals surface area contributed by atoms with Crippen LogP contribution in [-0.4, -0.2) is 9.55 Å². The Morgan fingerprint density at radius 3 is 2.88 bits per heavy atom. The largest absolute Gasteiger partial charge is 0.324 e. The third-order valence-corrected chi connectivity index (χ3v) is 4.47. The molecule has 0 atom stereocenters. The second-order valence-electron chi connectivity index (χ2n) is 4.90. The Morgan fingerprint density at radius 1 is 1.47 bits per heavy atom. The molecule has 1 aromatic heterocycles. The quantitative estimate of drug-likeness (QED) is 0.575. The molecule has 0 amide bonds. The van der Waals surface area contributed by atoms with Gasteiger partial charge in [-0.3, -0.25) is 0 Å². The third-order valence-electron chi connectivity index (χ3n) is 3.56. The van der Waals surface area contributed by atoms with Gasteiger partial charge in [0, 0.05) is 9.61 Å². The Bertz CT molecular complexity index is 558. The summed E-state index contributed by atoms with van der Waals surface area (Å²) < 4.78 is 3.57. The number of imidazole rings is 1. The van der Waals surface area contributed by atoms with E-state index in [1.807, 2.05) is 0 Å². The number of fused-ring (bicyclic) bond motifs is 1. The topological polar surface area (TPSA) is 17.8 Å². The van der Waals surface area contributed by atoms with E-state index in [2.05, 4.69) is 57.3 Å². The molecule has 1 saturated carbocycles. The van der Waals surface area contributed by atoms with Crippen LogP contribution >= 0.6 is 34.2 Å². The zero-order valence-corrected chi connectivity index (χ0v) is 12.6. The summed E-state index contributed by atoms with van der Waals surface area (Å²) in [6.07, 6.45) is 2.50. The maximum atomic E-state index is 6.02. The summed E-state index contributed by atoms with van der Waals surface area (Å²) in [6, 6.07) is 7.04. The lowest BCUT2D eigenvalue weighted by atomic mass is 9.81. The maximum Gasteiger partial charge on any atom is 0.125 e. The van der Waals surface area contributed by atoms with Gasteiger partial charge in [0.15, 0.2) is 0 Å². The van der Waals surface area contributed by atoms with Crippen LogP contribution in [0.3, 0.4) is 0 Å². The van der Waals surface area contributed by atoms with Crippen molar-refractivity contribution in [3.05, 3.63) is 27.6 Å². The van der Waals surface area contributed by atoms with Gasteiger partial charge in [0.05, 0.1) is 16.9 Å². The molecule has 0 spiro atoms. The van der Waals surface area contributed by atoms with Crippen LogP contribution in [0.25, 0.3) is 11.0 Å². The Labute approximate surface area is 120 Å². The molecule has 1 aliphatic carbocycles. The van der Waals surface area contributed by atoms with Crippen molar-refractivity contribution in [3.63, 3.8) is 0 Å². The highest BCUT2D eigenvalue weighted by Gasteiger charge is 2.29. The van der Waals surface area contributed by atoms with Gasteiger partial charge in [-0.1, -0.05) is 6.92 Å². The summed E-state index contributed by atoms with van der Waals surface area (Å²) in [5.41, 5.74) is 2.31. The number of benzene rings is 1. The molecule has 90 valence electrons. The molecule has 0 bridgehead atoms. The molecule has 0 radical (unpaired) electrons. The summed E-state index contributed by atoms with van der Waals surface area (Å²) >= 11 is 8.34. The van der Waals surface area contributed by atoms with E-state index < -0.39 is 0 Å². The third kappa shape index (κ3) is 1.97. The maximum absolute atomic E-state index is 6.02. The summed E-state index contributed by atoms with van der Waals surface area (Å²) in [5.74, 6) is 2.35. The van der Waals surface area contributed by atoms with Gasteiger partial charge < -0.3 is 4.57 Å². The summed E-state index contributed by atoms with van der Waals surface area (Å²) in [4.78, 5) is 4.65. The molecule has 1 aliphatic rings. The van der Waals surface area contributed by atoms with Crippen LogP contribution in [0.2, 0.25) is 0 Å². The highest BCUT2D eigenvalue weighted by Crippen LogP contribution is 2.40. The van der Waals surface area contributed by atoms with Gasteiger partial charge >= 0.3 is 0 Å². The van der Waals surface area contributed by atoms with Crippen LogP contribution in [-0.2, 0) is 5.88 Å². The Kier molecular flexibility index (Phi) is 3.07. The van der Waals surface area contributed by atoms with E-state index in [1.165, 1.54) is 21.9 Å². The molecule has 1 aromatic carbocycles. The van der Waals surface area contributed by atoms with Crippen molar-refractivity contribution in [1.29, 1.82) is 0 Å². The minimum absolute atomic E-state index is 0.496. The number of halogens is 2. The molecular formula is C13H14ClIN2. The number of nitrogens with zero attached hydrogens (tertiary/aromatic N) is 2. The van der Waals surface area contributed by atoms with Crippen LogP contribution in [0.15, 0.2) is 18.2 Å². The summed E-state index contributed by atoms with van der Waals surface area (Å²) in [6.45, 7) is 2.30. The van der Waals surface area contributed by atoms with Crippen molar-refractivity contribution < 1.29 is 0 Å². The minimum atomic E-state index is 0.496. The Balaban J connectivity index is 2.13. The molecule has 1 fully saturated rings. The predicted octanol–water partition coefficient (Wildman–Crippen LogP) is 4.35. The van der Waals surface area contributed by atoms with Crippen molar-refractivity contribution in [2.24, 2.45) is 5.92 Å². The number of hydrogen-bond donors (Lipinski definition) is 0. The smallest absolute Gasteiger partial charge is 0.125 e. The molecule has 17 heavy (non-hydrogen) atoms. The second kappa shape index (κ2) is 4.43. The molecule has 0 saturated heterocycles. The zero-order chi connectivity index (χ0) is 12.0. The van der Waals surface area contributed by atoms with Gasteiger partial charge in [-0.15, -0.1) is 11.6 Å². The Morgan fingerprint density at radius 2 is 2.24 bits per heavy atom. The summed E-state index contributed by atoms with van der Waals surface area (Å²) in [7, 11) is 0. The van der Waals surface area contributed by atoms with Gasteiger partial charge in [-0.2, -0.15) is 0 Å². The van der Waals surface area contributed by atoms with E-state index in [9.17, 15) is 0 Å². The summed E-state index contributed by atoms with van der Waals surface area (Å²) in [5, 5.41) is 0. The van der Waals surface area contributed by atoms with Gasteiger partial charge in [0.2, 0.25) is 0 Å². The number of rotatable bonds is 2. The van der Waals surface area contributed by atoms with Gasteiger partial charge in [0.25, 0.3) is 0 Å². The number of alkyl halides is 1. The normalized spacial score (nSPS) is 23.9. The van der Waals surface area contributed by atoms with Crippen LogP contribution in [0.5, 0.6) is 0 Å². The molecule has 0 N–H and O–H groups in total. The van der Waals surface area contributed by atoms with Gasteiger partial charge in [0.1, 0.15) is 5.82 Å². The van der Waals surface area contributed by atoms with E-state index in [0.29, 0.717) is 11.9 Å². The van der Waals surface area contributed by atoms with E-state index in [1.54, 1.807) is 0 Å². The first-order valence-electron chi connectivity index (χ1n) is 5.91. The highest BCUT2D eigenvalue weighted by molar-refractivity contribution is 14.1. The van der Waals surface area contributed by atoms with Crippen molar-refractivity contribution in [2.45, 2.75) is 31.7 Å². The van der Waals surface area contributed by atoms with Crippen LogP contribution in [0.1, 0.15) is 31.6 Å². The van der Waals surface area contributed by atoms with Gasteiger partial charge in [-0.25, -0.2) is 4.98 Å². The van der Waals surface area contributed by atoms with E-state index in [4.69, 9.17) is 11.6 Å². The van der Waals surface area contributed by atoms with E-state index in [0.717, 1.165) is 17.3 Å². The zero-order valence-electron chi connectivity index (χ0n) is 9.66. The molecule has 4 heteroatoms. The lowest BCUT2D eigenvalue weighted by molar-refractivity contribution is 0.217. The molecule has 2 nitrogen and oxygen atoms in total. The van der Waals surface area contributed by atoms with E-state index in [-0.39, 0.29) is 0 Å². The molecule has 0 aliphatic heterocycles. The SMILES string of the molecule is CC1CC(n2c(CCl)nc3cc(I)ccc32)C1. The van der Waals surface area contributed by atoms with Crippen molar-refractivity contribution >= 4 is 45.2 Å². The molecule has 2 aromatic rings. The first kappa shape index (κ1) is 11.8. The molecule has 0 unspecified atom stereocenters. The average molecular weight is 361 g/mol. The van der Waals surface area contributed by atoms with Crippen LogP contribution in [0.4, 0.5) is 0 Å². The number of hydrogen-bond acceptors (Lipinski definition) is 1. The molecular weight excluding hydrogens is 347 g/mol. The fourth-order valence-corrected chi connectivity index (χ4v) is 3.36. The average Bonchev–Trinajstić information content (AvgIpc) is 2.62. The van der Waals surface area contributed by atoms with Crippen molar-refractivity contribution in [3.8, 4) is 0 Å². The fraction of sp³-hybridized carbons (Fsp3) is 0.462. The second-order valence-corrected chi connectivity index (χ2v) is 6.41. The molecule has 1 heterocycles. The van der Waals surface area contributed by atoms with Crippen molar-refractivity contribution in [1.82, 2.24) is 9.55 Å². The lowest BCUT2D eigenvalue weighted by Gasteiger charge is -2.35. The monoisotopic (exact) mass is 360 g/mol. The van der Waals surface area contributed by atoms with Gasteiger partial charge in [-0.05, 0) is 59.5 Å². The Hall–Kier alpha value is -0.290. The number of aromatic nitrogens is 2. The van der Waals surface area contributed by atoms with E-state index >= 15 is 0 Å². The fourth-order valence-electron chi connectivity index (χ4n) is 2.69. The predicted molar refractivity (Wildman–Crippen MR) is 79.4 cm³/mol.